The van der Waals surface area contributed by atoms with Crippen molar-refractivity contribution in [2.75, 3.05) is 5.32 Å². The molecule has 3 nitrogen and oxygen atoms in total. The quantitative estimate of drug-likeness (QED) is 0.711. The summed E-state index contributed by atoms with van der Waals surface area (Å²) < 4.78 is 0. The Balaban J connectivity index is 0.00000147. The van der Waals surface area contributed by atoms with Gasteiger partial charge in [0, 0.05) is 10.7 Å². The monoisotopic (exact) mass is 325 g/mol. The van der Waals surface area contributed by atoms with Crippen molar-refractivity contribution in [2.24, 2.45) is 0 Å². The topological polar surface area (TPSA) is 37.8 Å². The summed E-state index contributed by atoms with van der Waals surface area (Å²) in [6.45, 7) is 0. The zero-order valence-corrected chi connectivity index (χ0v) is 12.5. The van der Waals surface area contributed by atoms with Crippen LogP contribution in [0, 0.1) is 0 Å². The van der Waals surface area contributed by atoms with Crippen LogP contribution < -0.4 is 5.32 Å². The number of fused-ring (bicyclic) bond motifs is 1. The van der Waals surface area contributed by atoms with Crippen LogP contribution in [0.2, 0.25) is 10.0 Å². The van der Waals surface area contributed by atoms with Crippen LogP contribution in [-0.2, 0) is 0 Å². The van der Waals surface area contributed by atoms with Crippen LogP contribution in [0.25, 0.3) is 10.9 Å². The number of anilines is 2. The highest BCUT2D eigenvalue weighted by molar-refractivity contribution is 6.36. The Bertz CT molecular complexity index is 741. The van der Waals surface area contributed by atoms with Crippen LogP contribution in [0.15, 0.2) is 48.8 Å². The van der Waals surface area contributed by atoms with Gasteiger partial charge in [0.25, 0.3) is 0 Å². The predicted octanol–water partition coefficient (Wildman–Crippen LogP) is 5.10. The Morgan fingerprint density at radius 1 is 0.950 bits per heavy atom. The smallest absolute Gasteiger partial charge is 0.143 e. The number of aromatic nitrogens is 2. The number of rotatable bonds is 2. The molecular weight excluding hydrogens is 317 g/mol. The predicted molar refractivity (Wildman–Crippen MR) is 86.5 cm³/mol. The third-order valence-electron chi connectivity index (χ3n) is 2.70. The zero-order valence-electron chi connectivity index (χ0n) is 10.2. The molecule has 0 spiro atoms. The normalized spacial score (nSPS) is 10.1. The van der Waals surface area contributed by atoms with Crippen molar-refractivity contribution < 1.29 is 0 Å². The van der Waals surface area contributed by atoms with Crippen LogP contribution in [0.4, 0.5) is 11.5 Å². The summed E-state index contributed by atoms with van der Waals surface area (Å²) in [6.07, 6.45) is 1.51. The molecule has 0 aliphatic carbocycles. The van der Waals surface area contributed by atoms with E-state index in [9.17, 15) is 0 Å². The van der Waals surface area contributed by atoms with Crippen LogP contribution in [0.5, 0.6) is 0 Å². The van der Waals surface area contributed by atoms with Crippen LogP contribution in [-0.4, -0.2) is 9.97 Å². The molecular formula is C14H10Cl3N3. The van der Waals surface area contributed by atoms with Crippen molar-refractivity contribution in [3.8, 4) is 0 Å². The Kier molecular flexibility index (Phi) is 4.65. The summed E-state index contributed by atoms with van der Waals surface area (Å²) in [5.74, 6) is 0.665. The molecule has 0 saturated carbocycles. The van der Waals surface area contributed by atoms with Crippen LogP contribution in [0.1, 0.15) is 0 Å². The lowest BCUT2D eigenvalue weighted by molar-refractivity contribution is 1.22. The molecule has 3 rings (SSSR count). The summed E-state index contributed by atoms with van der Waals surface area (Å²) >= 11 is 12.2. The average molecular weight is 327 g/mol. The molecule has 0 aliphatic heterocycles. The molecule has 2 aromatic carbocycles. The first kappa shape index (κ1) is 14.9. The Hall–Kier alpha value is -1.55. The molecule has 0 saturated heterocycles. The summed E-state index contributed by atoms with van der Waals surface area (Å²) in [5.41, 5.74) is 1.65. The van der Waals surface area contributed by atoms with Gasteiger partial charge in [-0.2, -0.15) is 0 Å². The lowest BCUT2D eigenvalue weighted by Crippen LogP contribution is -1.96. The van der Waals surface area contributed by atoms with Crippen molar-refractivity contribution in [3.63, 3.8) is 0 Å². The van der Waals surface area contributed by atoms with Gasteiger partial charge in [0.1, 0.15) is 12.1 Å². The lowest BCUT2D eigenvalue weighted by atomic mass is 10.2. The van der Waals surface area contributed by atoms with Crippen LogP contribution >= 0.6 is 35.6 Å². The lowest BCUT2D eigenvalue weighted by Gasteiger charge is -2.09. The highest BCUT2D eigenvalue weighted by Gasteiger charge is 2.07. The fourth-order valence-electron chi connectivity index (χ4n) is 1.87. The van der Waals surface area contributed by atoms with E-state index < -0.39 is 0 Å². The van der Waals surface area contributed by atoms with E-state index in [1.54, 1.807) is 0 Å². The Morgan fingerprint density at radius 2 is 1.75 bits per heavy atom. The van der Waals surface area contributed by atoms with Gasteiger partial charge in [-0.25, -0.2) is 9.97 Å². The Labute approximate surface area is 132 Å². The second-order valence-electron chi connectivity index (χ2n) is 3.99. The largest absolute Gasteiger partial charge is 0.340 e. The Morgan fingerprint density at radius 3 is 2.55 bits per heavy atom. The van der Waals surface area contributed by atoms with E-state index in [4.69, 9.17) is 23.2 Å². The van der Waals surface area contributed by atoms with E-state index in [-0.39, 0.29) is 12.4 Å². The van der Waals surface area contributed by atoms with Gasteiger partial charge in [0.15, 0.2) is 0 Å². The van der Waals surface area contributed by atoms with Crippen molar-refractivity contribution in [1.29, 1.82) is 0 Å². The van der Waals surface area contributed by atoms with Crippen molar-refractivity contribution in [2.45, 2.75) is 0 Å². The maximum atomic E-state index is 6.21. The molecule has 1 heterocycles. The average Bonchev–Trinajstić information content (AvgIpc) is 2.39. The van der Waals surface area contributed by atoms with Crippen LogP contribution in [0.3, 0.4) is 0 Å². The van der Waals surface area contributed by atoms with Gasteiger partial charge in [0.2, 0.25) is 0 Å². The first-order chi connectivity index (χ1) is 9.24. The minimum Gasteiger partial charge on any atom is -0.340 e. The number of nitrogens with zero attached hydrogens (tertiary/aromatic N) is 2. The summed E-state index contributed by atoms with van der Waals surface area (Å²) in [4.78, 5) is 8.44. The van der Waals surface area contributed by atoms with Crippen molar-refractivity contribution >= 4 is 58.0 Å². The van der Waals surface area contributed by atoms with E-state index in [0.717, 1.165) is 16.6 Å². The third kappa shape index (κ3) is 2.96. The van der Waals surface area contributed by atoms with Gasteiger partial charge in [0.05, 0.1) is 15.9 Å². The first-order valence-electron chi connectivity index (χ1n) is 5.66. The molecule has 6 heteroatoms. The number of hydrogen-bond acceptors (Lipinski definition) is 3. The molecule has 0 aliphatic rings. The van der Waals surface area contributed by atoms with Gasteiger partial charge in [-0.3, -0.25) is 0 Å². The van der Waals surface area contributed by atoms with Gasteiger partial charge in [-0.1, -0.05) is 35.3 Å². The van der Waals surface area contributed by atoms with Gasteiger partial charge in [-0.15, -0.1) is 12.4 Å². The molecule has 3 aromatic rings. The summed E-state index contributed by atoms with van der Waals surface area (Å²) in [7, 11) is 0. The number of hydrogen-bond donors (Lipinski definition) is 1. The SMILES string of the molecule is Cl.Clc1cccc(Nc2ncnc3cccc(Cl)c23)c1. The van der Waals surface area contributed by atoms with E-state index in [1.807, 2.05) is 42.5 Å². The number of nitrogens with one attached hydrogen (secondary N) is 1. The number of halogens is 3. The highest BCUT2D eigenvalue weighted by atomic mass is 35.5. The van der Waals surface area contributed by atoms with E-state index in [1.165, 1.54) is 6.33 Å². The van der Waals surface area contributed by atoms with Gasteiger partial charge >= 0.3 is 0 Å². The first-order valence-corrected chi connectivity index (χ1v) is 6.41. The minimum atomic E-state index is 0. The molecule has 0 radical (unpaired) electrons. The van der Waals surface area contributed by atoms with Crippen molar-refractivity contribution in [1.82, 2.24) is 9.97 Å². The van der Waals surface area contributed by atoms with Gasteiger partial charge in [-0.05, 0) is 30.3 Å². The maximum absolute atomic E-state index is 6.21. The standard InChI is InChI=1S/C14H9Cl2N3.ClH/c15-9-3-1-4-10(7-9)19-14-13-11(16)5-2-6-12(13)17-8-18-14;/h1-8H,(H,17,18,19);1H. The molecule has 1 N–H and O–H groups in total. The summed E-state index contributed by atoms with van der Waals surface area (Å²) in [5, 5.41) is 5.28. The highest BCUT2D eigenvalue weighted by Crippen LogP contribution is 2.29. The third-order valence-corrected chi connectivity index (χ3v) is 3.25. The minimum absolute atomic E-state index is 0. The second-order valence-corrected chi connectivity index (χ2v) is 4.84. The fraction of sp³-hybridized carbons (Fsp3) is 0. The zero-order chi connectivity index (χ0) is 13.2. The molecule has 0 atom stereocenters. The molecule has 102 valence electrons. The van der Waals surface area contributed by atoms with E-state index >= 15 is 0 Å². The van der Waals surface area contributed by atoms with E-state index in [0.29, 0.717) is 15.9 Å². The summed E-state index contributed by atoms with van der Waals surface area (Å²) in [6, 6.07) is 13.0. The molecule has 0 amide bonds. The molecule has 1 aromatic heterocycles. The fourth-order valence-corrected chi connectivity index (χ4v) is 2.32. The van der Waals surface area contributed by atoms with E-state index in [2.05, 4.69) is 15.3 Å². The maximum Gasteiger partial charge on any atom is 0.143 e. The molecule has 0 bridgehead atoms. The second kappa shape index (κ2) is 6.27. The molecule has 20 heavy (non-hydrogen) atoms. The number of benzene rings is 2. The molecule has 0 unspecified atom stereocenters. The van der Waals surface area contributed by atoms with Crippen molar-refractivity contribution in [3.05, 3.63) is 58.8 Å². The van der Waals surface area contributed by atoms with Gasteiger partial charge < -0.3 is 5.32 Å². The molecule has 0 fully saturated rings.